The summed E-state index contributed by atoms with van der Waals surface area (Å²) >= 11 is 0. The van der Waals surface area contributed by atoms with Gasteiger partial charge >= 0.3 is 0 Å². The van der Waals surface area contributed by atoms with E-state index < -0.39 is 0 Å². The number of non-ortho nitro benzene ring substituents is 1. The maximum Gasteiger partial charge on any atom is 0.269 e. The Hall–Kier alpha value is -2.88. The Morgan fingerprint density at radius 2 is 1.79 bits per heavy atom. The van der Waals surface area contributed by atoms with Crippen LogP contribution in [0.15, 0.2) is 60.7 Å². The SMILES string of the molecule is Cc1cc2c3c(c1)[C@H]1C=CC[C@@H]1[C@H](c1cccc([N+](=O)[O-])c1)N3C[C@H]1CC=C[C@H]21. The molecule has 2 aliphatic carbocycles. The maximum atomic E-state index is 11.4. The summed E-state index contributed by atoms with van der Waals surface area (Å²) in [6.07, 6.45) is 11.6. The predicted octanol–water partition coefficient (Wildman–Crippen LogP) is 5.80. The van der Waals surface area contributed by atoms with Gasteiger partial charge in [0.05, 0.1) is 11.0 Å². The van der Waals surface area contributed by atoms with Crippen LogP contribution in [0.2, 0.25) is 0 Å². The summed E-state index contributed by atoms with van der Waals surface area (Å²) in [5, 5.41) is 11.4. The Kier molecular flexibility index (Phi) is 3.55. The number of nitro benzene ring substituents is 1. The zero-order valence-corrected chi connectivity index (χ0v) is 16.5. The minimum atomic E-state index is -0.271. The lowest BCUT2D eigenvalue weighted by Crippen LogP contribution is -2.46. The molecular weight excluding hydrogens is 360 g/mol. The first-order chi connectivity index (χ1) is 14.1. The number of nitro groups is 1. The van der Waals surface area contributed by atoms with E-state index in [2.05, 4.69) is 54.3 Å². The number of allylic oxidation sites excluding steroid dienone is 4. The number of nitrogens with zero attached hydrogens (tertiary/aromatic N) is 2. The lowest BCUT2D eigenvalue weighted by molar-refractivity contribution is -0.384. The normalized spacial score (nSPS) is 30.8. The van der Waals surface area contributed by atoms with Crippen molar-refractivity contribution < 1.29 is 4.92 Å². The standard InChI is InChI=1S/C25H24N2O2/c1-15-11-22-19-8-3-6-17(19)14-26-24(16-5-2-7-18(13-16)27(28)29)21-10-4-9-20(21)23(12-15)25(22)26/h2-5,7-9,11-13,17,19-21,24H,6,10,14H2,1H3/t17-,19+,20+,21+,24+/m1/s1. The van der Waals surface area contributed by atoms with Gasteiger partial charge in [0.25, 0.3) is 5.69 Å². The highest BCUT2D eigenvalue weighted by Gasteiger charge is 2.47. The zero-order valence-electron chi connectivity index (χ0n) is 16.5. The second kappa shape index (κ2) is 6.06. The Morgan fingerprint density at radius 1 is 1.03 bits per heavy atom. The molecule has 6 rings (SSSR count). The summed E-state index contributed by atoms with van der Waals surface area (Å²) < 4.78 is 0. The van der Waals surface area contributed by atoms with Crippen molar-refractivity contribution in [3.63, 3.8) is 0 Å². The quantitative estimate of drug-likeness (QED) is 0.374. The fraction of sp³-hybridized carbons (Fsp3) is 0.360. The van der Waals surface area contributed by atoms with E-state index in [0.29, 0.717) is 23.7 Å². The molecule has 4 nitrogen and oxygen atoms in total. The lowest BCUT2D eigenvalue weighted by Gasteiger charge is -2.51. The lowest BCUT2D eigenvalue weighted by atomic mass is 9.70. The third kappa shape index (κ3) is 2.38. The molecule has 0 amide bonds. The van der Waals surface area contributed by atoms with E-state index in [4.69, 9.17) is 0 Å². The van der Waals surface area contributed by atoms with Gasteiger partial charge in [0, 0.05) is 36.2 Å². The van der Waals surface area contributed by atoms with Gasteiger partial charge in [0.1, 0.15) is 0 Å². The van der Waals surface area contributed by atoms with Crippen LogP contribution in [-0.2, 0) is 0 Å². The van der Waals surface area contributed by atoms with Crippen LogP contribution in [-0.4, -0.2) is 11.5 Å². The van der Waals surface area contributed by atoms with Crippen LogP contribution in [0.25, 0.3) is 0 Å². The van der Waals surface area contributed by atoms with Crippen LogP contribution in [0.4, 0.5) is 11.4 Å². The fourth-order valence-electron chi connectivity index (χ4n) is 6.33. The number of hydrogen-bond acceptors (Lipinski definition) is 3. The van der Waals surface area contributed by atoms with Crippen molar-refractivity contribution in [1.82, 2.24) is 0 Å². The van der Waals surface area contributed by atoms with Crippen LogP contribution < -0.4 is 4.90 Å². The van der Waals surface area contributed by atoms with E-state index in [1.165, 1.54) is 22.4 Å². The number of aryl methyl sites for hydroxylation is 1. The monoisotopic (exact) mass is 384 g/mol. The number of rotatable bonds is 2. The van der Waals surface area contributed by atoms with E-state index in [9.17, 15) is 10.1 Å². The van der Waals surface area contributed by atoms with Crippen molar-refractivity contribution >= 4 is 11.4 Å². The van der Waals surface area contributed by atoms with E-state index in [1.807, 2.05) is 6.07 Å². The third-order valence-corrected chi connectivity index (χ3v) is 7.42. The molecule has 0 fully saturated rings. The molecule has 2 aromatic carbocycles. The van der Waals surface area contributed by atoms with Gasteiger partial charge in [0.15, 0.2) is 0 Å². The van der Waals surface area contributed by atoms with Crippen molar-refractivity contribution in [2.45, 2.75) is 37.6 Å². The highest BCUT2D eigenvalue weighted by Crippen LogP contribution is 2.59. The number of benzene rings is 2. The van der Waals surface area contributed by atoms with Gasteiger partial charge in [-0.15, -0.1) is 0 Å². The Balaban J connectivity index is 1.57. The van der Waals surface area contributed by atoms with Gasteiger partial charge in [-0.25, -0.2) is 0 Å². The van der Waals surface area contributed by atoms with Gasteiger partial charge in [-0.3, -0.25) is 10.1 Å². The first-order valence-corrected chi connectivity index (χ1v) is 10.6. The summed E-state index contributed by atoms with van der Waals surface area (Å²) in [6.45, 7) is 3.24. The Bertz CT molecular complexity index is 1070. The molecule has 0 saturated heterocycles. The molecule has 0 unspecified atom stereocenters. The molecule has 4 aliphatic rings. The number of fused-ring (bicyclic) bond motifs is 4. The van der Waals surface area contributed by atoms with Crippen molar-refractivity contribution in [3.05, 3.63) is 93.1 Å². The van der Waals surface area contributed by atoms with Gasteiger partial charge < -0.3 is 4.90 Å². The average Bonchev–Trinajstić information content (AvgIpc) is 3.37. The van der Waals surface area contributed by atoms with Gasteiger partial charge in [-0.1, -0.05) is 54.1 Å². The van der Waals surface area contributed by atoms with Crippen molar-refractivity contribution in [2.24, 2.45) is 11.8 Å². The second-order valence-electron chi connectivity index (χ2n) is 9.04. The van der Waals surface area contributed by atoms with Gasteiger partial charge in [0.2, 0.25) is 0 Å². The third-order valence-electron chi connectivity index (χ3n) is 7.42. The summed E-state index contributed by atoms with van der Waals surface area (Å²) in [6, 6.07) is 12.3. The second-order valence-corrected chi connectivity index (χ2v) is 9.04. The molecule has 5 atom stereocenters. The molecule has 2 heterocycles. The zero-order chi connectivity index (χ0) is 19.7. The molecule has 0 aromatic heterocycles. The number of anilines is 1. The fourth-order valence-corrected chi connectivity index (χ4v) is 6.33. The molecule has 0 saturated carbocycles. The number of hydrogen-bond donors (Lipinski definition) is 0. The van der Waals surface area contributed by atoms with Crippen LogP contribution >= 0.6 is 0 Å². The van der Waals surface area contributed by atoms with Crippen LogP contribution in [0.5, 0.6) is 0 Å². The summed E-state index contributed by atoms with van der Waals surface area (Å²) in [4.78, 5) is 13.8. The summed E-state index contributed by atoms with van der Waals surface area (Å²) in [5.41, 5.74) is 6.93. The molecule has 2 aromatic rings. The molecule has 2 aliphatic heterocycles. The largest absolute Gasteiger partial charge is 0.363 e. The Morgan fingerprint density at radius 3 is 2.62 bits per heavy atom. The topological polar surface area (TPSA) is 46.4 Å². The van der Waals surface area contributed by atoms with E-state index in [-0.39, 0.29) is 16.7 Å². The minimum absolute atomic E-state index is 0.186. The first-order valence-electron chi connectivity index (χ1n) is 10.6. The van der Waals surface area contributed by atoms with E-state index in [0.717, 1.165) is 24.9 Å². The molecular formula is C25H24N2O2. The average molecular weight is 384 g/mol. The Labute approximate surface area is 170 Å². The highest BCUT2D eigenvalue weighted by molar-refractivity contribution is 5.71. The molecule has 146 valence electrons. The maximum absolute atomic E-state index is 11.4. The predicted molar refractivity (Wildman–Crippen MR) is 114 cm³/mol. The molecule has 29 heavy (non-hydrogen) atoms. The van der Waals surface area contributed by atoms with Crippen molar-refractivity contribution in [1.29, 1.82) is 0 Å². The molecule has 0 bridgehead atoms. The van der Waals surface area contributed by atoms with Gasteiger partial charge in [-0.2, -0.15) is 0 Å². The molecule has 4 heteroatoms. The van der Waals surface area contributed by atoms with Crippen LogP contribution in [0.3, 0.4) is 0 Å². The molecule has 0 spiro atoms. The minimum Gasteiger partial charge on any atom is -0.363 e. The van der Waals surface area contributed by atoms with E-state index >= 15 is 0 Å². The van der Waals surface area contributed by atoms with E-state index in [1.54, 1.807) is 12.1 Å². The summed E-state index contributed by atoms with van der Waals surface area (Å²) in [5.74, 6) is 1.94. The summed E-state index contributed by atoms with van der Waals surface area (Å²) in [7, 11) is 0. The van der Waals surface area contributed by atoms with Crippen molar-refractivity contribution in [3.8, 4) is 0 Å². The first kappa shape index (κ1) is 17.0. The van der Waals surface area contributed by atoms with Crippen LogP contribution in [0.1, 0.15) is 53.0 Å². The smallest absolute Gasteiger partial charge is 0.269 e. The van der Waals surface area contributed by atoms with Gasteiger partial charge in [-0.05, 0) is 48.3 Å². The van der Waals surface area contributed by atoms with Crippen molar-refractivity contribution in [2.75, 3.05) is 11.4 Å². The highest BCUT2D eigenvalue weighted by atomic mass is 16.6. The molecule has 0 radical (unpaired) electrons. The molecule has 0 N–H and O–H groups in total. The van der Waals surface area contributed by atoms with Crippen LogP contribution in [0, 0.1) is 28.9 Å².